The highest BCUT2D eigenvalue weighted by Crippen LogP contribution is 2.29. The first-order chi connectivity index (χ1) is 15.8. The zero-order valence-corrected chi connectivity index (χ0v) is 19.3. The van der Waals surface area contributed by atoms with Gasteiger partial charge in [-0.2, -0.15) is 18.3 Å². The highest BCUT2D eigenvalue weighted by molar-refractivity contribution is 7.80. The standard InChI is InChI=1S/C23H23ClF3N5S/c24-20-6-4-17(5-7-20)16-32-9-8-21(29-32)28-22(33)31-12-10-30(11-13-31)15-18-2-1-3-19(14-18)23(25,26)27/h1-9,14H,10-13,15-16H2,(H,28,29,33). The Labute approximate surface area is 200 Å². The van der Waals surface area contributed by atoms with Crippen molar-refractivity contribution in [2.75, 3.05) is 31.5 Å². The second-order valence-electron chi connectivity index (χ2n) is 7.92. The third-order valence-electron chi connectivity index (χ3n) is 5.45. The van der Waals surface area contributed by atoms with E-state index in [1.807, 2.05) is 41.2 Å². The molecule has 1 aliphatic rings. The third kappa shape index (κ3) is 6.46. The van der Waals surface area contributed by atoms with Gasteiger partial charge in [-0.3, -0.25) is 9.58 Å². The summed E-state index contributed by atoms with van der Waals surface area (Å²) in [6, 6.07) is 15.0. The van der Waals surface area contributed by atoms with E-state index in [1.54, 1.807) is 6.07 Å². The van der Waals surface area contributed by atoms with E-state index in [1.165, 1.54) is 12.1 Å². The van der Waals surface area contributed by atoms with E-state index in [4.69, 9.17) is 23.8 Å². The van der Waals surface area contributed by atoms with Gasteiger partial charge in [-0.15, -0.1) is 0 Å². The van der Waals surface area contributed by atoms with Gasteiger partial charge >= 0.3 is 6.18 Å². The molecule has 0 aliphatic carbocycles. The van der Waals surface area contributed by atoms with Crippen LogP contribution >= 0.6 is 23.8 Å². The maximum Gasteiger partial charge on any atom is 0.416 e. The summed E-state index contributed by atoms with van der Waals surface area (Å²) in [5.74, 6) is 0.667. The summed E-state index contributed by atoms with van der Waals surface area (Å²) in [5.41, 5.74) is 1.14. The fraction of sp³-hybridized carbons (Fsp3) is 0.304. The number of nitrogens with one attached hydrogen (secondary N) is 1. The Hall–Kier alpha value is -2.62. The number of aromatic nitrogens is 2. The first kappa shape index (κ1) is 23.5. The normalized spacial score (nSPS) is 15.0. The van der Waals surface area contributed by atoms with E-state index in [-0.39, 0.29) is 0 Å². The largest absolute Gasteiger partial charge is 0.416 e. The lowest BCUT2D eigenvalue weighted by atomic mass is 10.1. The average molecular weight is 494 g/mol. The number of thiocarbonyl (C=S) groups is 1. The van der Waals surface area contributed by atoms with E-state index < -0.39 is 11.7 Å². The first-order valence-corrected chi connectivity index (χ1v) is 11.3. The van der Waals surface area contributed by atoms with Crippen molar-refractivity contribution in [1.82, 2.24) is 19.6 Å². The van der Waals surface area contributed by atoms with Crippen LogP contribution in [0.2, 0.25) is 5.02 Å². The van der Waals surface area contributed by atoms with Gasteiger partial charge in [0.25, 0.3) is 0 Å². The number of hydrogen-bond acceptors (Lipinski definition) is 3. The van der Waals surface area contributed by atoms with E-state index in [9.17, 15) is 13.2 Å². The van der Waals surface area contributed by atoms with Gasteiger partial charge in [0.15, 0.2) is 10.9 Å². The second-order valence-corrected chi connectivity index (χ2v) is 8.74. The molecule has 5 nitrogen and oxygen atoms in total. The van der Waals surface area contributed by atoms with Crippen molar-refractivity contribution in [1.29, 1.82) is 0 Å². The number of alkyl halides is 3. The van der Waals surface area contributed by atoms with Crippen molar-refractivity contribution in [3.05, 3.63) is 82.5 Å². The Morgan fingerprint density at radius 2 is 1.70 bits per heavy atom. The molecule has 4 rings (SSSR count). The molecule has 0 unspecified atom stereocenters. The van der Waals surface area contributed by atoms with Gasteiger partial charge in [-0.1, -0.05) is 41.9 Å². The molecule has 174 valence electrons. The van der Waals surface area contributed by atoms with Crippen LogP contribution in [0.3, 0.4) is 0 Å². The number of nitrogens with zero attached hydrogens (tertiary/aromatic N) is 4. The van der Waals surface area contributed by atoms with Crippen LogP contribution < -0.4 is 5.32 Å². The Bertz CT molecular complexity index is 1090. The zero-order chi connectivity index (χ0) is 23.4. The third-order valence-corrected chi connectivity index (χ3v) is 6.07. The maximum atomic E-state index is 12.9. The summed E-state index contributed by atoms with van der Waals surface area (Å²) in [6.07, 6.45) is -2.44. The number of halogens is 4. The number of hydrogen-bond donors (Lipinski definition) is 1. The SMILES string of the molecule is FC(F)(F)c1cccc(CN2CCN(C(=S)Nc3ccn(Cc4ccc(Cl)cc4)n3)CC2)c1. The van der Waals surface area contributed by atoms with Gasteiger partial charge in [0.1, 0.15) is 0 Å². The van der Waals surface area contributed by atoms with Gasteiger partial charge in [0.05, 0.1) is 12.1 Å². The van der Waals surface area contributed by atoms with Gasteiger partial charge in [-0.25, -0.2) is 0 Å². The minimum Gasteiger partial charge on any atom is -0.346 e. The fourth-order valence-corrected chi connectivity index (χ4v) is 4.11. The number of piperazine rings is 1. The summed E-state index contributed by atoms with van der Waals surface area (Å²) in [5, 5.41) is 8.98. The lowest BCUT2D eigenvalue weighted by molar-refractivity contribution is -0.137. The van der Waals surface area contributed by atoms with Crippen molar-refractivity contribution in [3.8, 4) is 0 Å². The number of rotatable bonds is 5. The Morgan fingerprint density at radius 3 is 2.39 bits per heavy atom. The van der Waals surface area contributed by atoms with E-state index >= 15 is 0 Å². The van der Waals surface area contributed by atoms with Crippen LogP contribution in [-0.2, 0) is 19.3 Å². The molecule has 1 fully saturated rings. The van der Waals surface area contributed by atoms with Crippen molar-refractivity contribution in [3.63, 3.8) is 0 Å². The van der Waals surface area contributed by atoms with Crippen LogP contribution in [0.5, 0.6) is 0 Å². The Morgan fingerprint density at radius 1 is 0.970 bits per heavy atom. The summed E-state index contributed by atoms with van der Waals surface area (Å²) >= 11 is 11.5. The van der Waals surface area contributed by atoms with Crippen molar-refractivity contribution in [2.45, 2.75) is 19.3 Å². The van der Waals surface area contributed by atoms with Crippen LogP contribution in [0, 0.1) is 0 Å². The van der Waals surface area contributed by atoms with Crippen LogP contribution in [0.4, 0.5) is 19.0 Å². The summed E-state index contributed by atoms with van der Waals surface area (Å²) in [4.78, 5) is 4.19. The maximum absolute atomic E-state index is 12.9. The molecule has 1 N–H and O–H groups in total. The molecule has 1 aliphatic heterocycles. The Kier molecular flexibility index (Phi) is 7.21. The number of benzene rings is 2. The monoisotopic (exact) mass is 493 g/mol. The molecule has 2 aromatic carbocycles. The first-order valence-electron chi connectivity index (χ1n) is 10.5. The topological polar surface area (TPSA) is 36.3 Å². The Balaban J connectivity index is 1.26. The van der Waals surface area contributed by atoms with Crippen LogP contribution in [0.25, 0.3) is 0 Å². The lowest BCUT2D eigenvalue weighted by Gasteiger charge is -2.36. The molecular weight excluding hydrogens is 471 g/mol. The van der Waals surface area contributed by atoms with Crippen molar-refractivity contribution >= 4 is 34.7 Å². The minimum absolute atomic E-state index is 0.479. The summed E-state index contributed by atoms with van der Waals surface area (Å²) in [6.45, 7) is 3.91. The highest BCUT2D eigenvalue weighted by Gasteiger charge is 2.30. The molecule has 0 amide bonds. The molecular formula is C23H23ClF3N5S. The zero-order valence-electron chi connectivity index (χ0n) is 17.7. The van der Waals surface area contributed by atoms with Crippen molar-refractivity contribution in [2.24, 2.45) is 0 Å². The lowest BCUT2D eigenvalue weighted by Crippen LogP contribution is -2.49. The molecule has 3 aromatic rings. The van der Waals surface area contributed by atoms with Gasteiger partial charge < -0.3 is 10.2 Å². The van der Waals surface area contributed by atoms with Crippen molar-refractivity contribution < 1.29 is 13.2 Å². The minimum atomic E-state index is -4.33. The molecule has 1 aromatic heterocycles. The smallest absolute Gasteiger partial charge is 0.346 e. The van der Waals surface area contributed by atoms with Gasteiger partial charge in [0, 0.05) is 50.0 Å². The van der Waals surface area contributed by atoms with Gasteiger partial charge in [-0.05, 0) is 41.5 Å². The average Bonchev–Trinajstić information content (AvgIpc) is 3.22. The predicted octanol–water partition coefficient (Wildman–Crippen LogP) is 5.12. The molecule has 0 bridgehead atoms. The molecule has 0 radical (unpaired) electrons. The van der Waals surface area contributed by atoms with Gasteiger partial charge in [0.2, 0.25) is 0 Å². The highest BCUT2D eigenvalue weighted by atomic mass is 35.5. The van der Waals surface area contributed by atoms with Crippen LogP contribution in [0.1, 0.15) is 16.7 Å². The fourth-order valence-electron chi connectivity index (χ4n) is 3.70. The molecule has 2 heterocycles. The predicted molar refractivity (Wildman–Crippen MR) is 127 cm³/mol. The summed E-state index contributed by atoms with van der Waals surface area (Å²) < 4.78 is 40.6. The molecule has 10 heteroatoms. The van der Waals surface area contributed by atoms with Crippen LogP contribution in [-0.4, -0.2) is 50.9 Å². The van der Waals surface area contributed by atoms with Crippen LogP contribution in [0.15, 0.2) is 60.8 Å². The molecule has 0 saturated carbocycles. The number of anilines is 1. The quantitative estimate of drug-likeness (QED) is 0.499. The van der Waals surface area contributed by atoms with E-state index in [0.717, 1.165) is 11.6 Å². The second kappa shape index (κ2) is 10.1. The van der Waals surface area contributed by atoms with E-state index in [0.29, 0.717) is 60.8 Å². The molecule has 0 spiro atoms. The summed E-state index contributed by atoms with van der Waals surface area (Å²) in [7, 11) is 0. The van der Waals surface area contributed by atoms with E-state index in [2.05, 4.69) is 20.2 Å². The molecule has 1 saturated heterocycles. The molecule has 0 atom stereocenters. The molecule has 33 heavy (non-hydrogen) atoms.